The quantitative estimate of drug-likeness (QED) is 0.515. The van der Waals surface area contributed by atoms with Crippen molar-refractivity contribution in [3.05, 3.63) is 69.9 Å². The standard InChI is InChI=1S/C22H22N4O3/c1-15-7-9-19(17-6-5-11-23-21(15)17)24-22(27)18-14-16(26(28)29)8-10-20(18)25-12-3-2-4-13-25/h5-11,14H,2-4,12-13H2,1H3,(H,24,27). The third-order valence-electron chi connectivity index (χ3n) is 5.35. The molecular formula is C22H22N4O3. The van der Waals surface area contributed by atoms with Crippen LogP contribution in [0.3, 0.4) is 0 Å². The predicted molar refractivity (Wildman–Crippen MR) is 114 cm³/mol. The highest BCUT2D eigenvalue weighted by Gasteiger charge is 2.22. The molecule has 0 bridgehead atoms. The molecule has 1 amide bonds. The Hall–Kier alpha value is -3.48. The molecule has 29 heavy (non-hydrogen) atoms. The Kier molecular flexibility index (Phi) is 5.12. The van der Waals surface area contributed by atoms with Crippen molar-refractivity contribution in [3.8, 4) is 0 Å². The number of pyridine rings is 1. The molecule has 1 N–H and O–H groups in total. The number of nitro benzene ring substituents is 1. The number of nitro groups is 1. The molecule has 7 heteroatoms. The molecule has 1 fully saturated rings. The van der Waals surface area contributed by atoms with Crippen LogP contribution in [0.25, 0.3) is 10.9 Å². The first kappa shape index (κ1) is 18.9. The fourth-order valence-corrected chi connectivity index (χ4v) is 3.84. The molecule has 7 nitrogen and oxygen atoms in total. The lowest BCUT2D eigenvalue weighted by Gasteiger charge is -2.30. The van der Waals surface area contributed by atoms with Crippen molar-refractivity contribution in [2.24, 2.45) is 0 Å². The fourth-order valence-electron chi connectivity index (χ4n) is 3.84. The zero-order chi connectivity index (χ0) is 20.4. The van der Waals surface area contributed by atoms with Crippen molar-refractivity contribution < 1.29 is 9.72 Å². The number of carbonyl (C=O) groups excluding carboxylic acids is 1. The number of nitrogens with one attached hydrogen (secondary N) is 1. The lowest BCUT2D eigenvalue weighted by molar-refractivity contribution is -0.384. The molecule has 3 aromatic rings. The molecule has 0 atom stereocenters. The normalized spacial score (nSPS) is 14.0. The number of nitrogens with zero attached hydrogens (tertiary/aromatic N) is 3. The summed E-state index contributed by atoms with van der Waals surface area (Å²) in [6.45, 7) is 3.65. The summed E-state index contributed by atoms with van der Waals surface area (Å²) >= 11 is 0. The van der Waals surface area contributed by atoms with Gasteiger partial charge in [0.1, 0.15) is 0 Å². The average molecular weight is 390 g/mol. The van der Waals surface area contributed by atoms with Gasteiger partial charge in [0.15, 0.2) is 0 Å². The molecule has 4 rings (SSSR count). The van der Waals surface area contributed by atoms with Gasteiger partial charge in [0.05, 0.1) is 27.4 Å². The monoisotopic (exact) mass is 390 g/mol. The number of anilines is 2. The Balaban J connectivity index is 1.73. The Labute approximate surface area is 168 Å². The van der Waals surface area contributed by atoms with Crippen molar-refractivity contribution in [1.29, 1.82) is 0 Å². The second-order valence-electron chi connectivity index (χ2n) is 7.29. The highest BCUT2D eigenvalue weighted by atomic mass is 16.6. The molecule has 148 valence electrons. The third kappa shape index (κ3) is 3.76. The van der Waals surface area contributed by atoms with E-state index in [1.165, 1.54) is 12.1 Å². The van der Waals surface area contributed by atoms with E-state index >= 15 is 0 Å². The van der Waals surface area contributed by atoms with E-state index in [0.29, 0.717) is 11.3 Å². The van der Waals surface area contributed by atoms with Gasteiger partial charge < -0.3 is 10.2 Å². The maximum atomic E-state index is 13.2. The number of hydrogen-bond donors (Lipinski definition) is 1. The second kappa shape index (κ2) is 7.87. The van der Waals surface area contributed by atoms with Crippen molar-refractivity contribution in [2.45, 2.75) is 26.2 Å². The summed E-state index contributed by atoms with van der Waals surface area (Å²) in [5.74, 6) is -0.358. The highest BCUT2D eigenvalue weighted by molar-refractivity contribution is 6.12. The summed E-state index contributed by atoms with van der Waals surface area (Å²) in [5, 5.41) is 15.1. The first-order valence-corrected chi connectivity index (χ1v) is 9.73. The minimum Gasteiger partial charge on any atom is -0.371 e. The molecule has 0 saturated carbocycles. The second-order valence-corrected chi connectivity index (χ2v) is 7.29. The molecular weight excluding hydrogens is 368 g/mol. The maximum absolute atomic E-state index is 13.2. The van der Waals surface area contributed by atoms with Gasteiger partial charge in [0.2, 0.25) is 0 Å². The summed E-state index contributed by atoms with van der Waals surface area (Å²) in [5.41, 5.74) is 3.44. The van der Waals surface area contributed by atoms with Crippen LogP contribution in [0.1, 0.15) is 35.2 Å². The Bertz CT molecular complexity index is 1090. The van der Waals surface area contributed by atoms with E-state index in [4.69, 9.17) is 0 Å². The van der Waals surface area contributed by atoms with E-state index in [1.54, 1.807) is 12.3 Å². The van der Waals surface area contributed by atoms with Gasteiger partial charge in [0, 0.05) is 36.8 Å². The molecule has 1 aliphatic rings. The van der Waals surface area contributed by atoms with E-state index in [1.807, 2.05) is 31.2 Å². The minimum absolute atomic E-state index is 0.0914. The zero-order valence-corrected chi connectivity index (χ0v) is 16.2. The summed E-state index contributed by atoms with van der Waals surface area (Å²) in [7, 11) is 0. The number of benzene rings is 2. The van der Waals surface area contributed by atoms with Crippen molar-refractivity contribution >= 4 is 33.9 Å². The van der Waals surface area contributed by atoms with Crippen LogP contribution in [0, 0.1) is 17.0 Å². The van der Waals surface area contributed by atoms with E-state index in [9.17, 15) is 14.9 Å². The molecule has 2 aromatic carbocycles. The van der Waals surface area contributed by atoms with E-state index < -0.39 is 4.92 Å². The van der Waals surface area contributed by atoms with E-state index in [-0.39, 0.29) is 11.6 Å². The van der Waals surface area contributed by atoms with Crippen LogP contribution in [0.15, 0.2) is 48.7 Å². The topological polar surface area (TPSA) is 88.4 Å². The molecule has 1 saturated heterocycles. The van der Waals surface area contributed by atoms with Crippen molar-refractivity contribution in [1.82, 2.24) is 4.98 Å². The van der Waals surface area contributed by atoms with Gasteiger partial charge in [-0.15, -0.1) is 0 Å². The summed E-state index contributed by atoms with van der Waals surface area (Å²) in [4.78, 5) is 30.6. The van der Waals surface area contributed by atoms with Gasteiger partial charge in [-0.25, -0.2) is 0 Å². The van der Waals surface area contributed by atoms with Crippen LogP contribution >= 0.6 is 0 Å². The SMILES string of the molecule is Cc1ccc(NC(=O)c2cc([N+](=O)[O-])ccc2N2CCCCC2)c2cccnc12. The zero-order valence-electron chi connectivity index (χ0n) is 16.2. The summed E-state index contributed by atoms with van der Waals surface area (Å²) in [6, 6.07) is 12.0. The number of hydrogen-bond acceptors (Lipinski definition) is 5. The molecule has 0 aliphatic carbocycles. The molecule has 2 heterocycles. The number of non-ortho nitro benzene ring substituents is 1. The largest absolute Gasteiger partial charge is 0.371 e. The van der Waals surface area contributed by atoms with Crippen molar-refractivity contribution in [3.63, 3.8) is 0 Å². The van der Waals surface area contributed by atoms with Crippen LogP contribution in [-0.4, -0.2) is 28.9 Å². The number of fused-ring (bicyclic) bond motifs is 1. The van der Waals surface area contributed by atoms with Crippen LogP contribution in [0.2, 0.25) is 0 Å². The fraction of sp³-hybridized carbons (Fsp3) is 0.273. The molecule has 1 aliphatic heterocycles. The Morgan fingerprint density at radius 1 is 1.14 bits per heavy atom. The van der Waals surface area contributed by atoms with Crippen LogP contribution in [0.4, 0.5) is 17.1 Å². The van der Waals surface area contributed by atoms with Crippen LogP contribution < -0.4 is 10.2 Å². The molecule has 0 unspecified atom stereocenters. The Morgan fingerprint density at radius 3 is 2.69 bits per heavy atom. The highest BCUT2D eigenvalue weighted by Crippen LogP contribution is 2.30. The van der Waals surface area contributed by atoms with Crippen molar-refractivity contribution in [2.75, 3.05) is 23.3 Å². The van der Waals surface area contributed by atoms with Crippen LogP contribution in [-0.2, 0) is 0 Å². The minimum atomic E-state index is -0.470. The Morgan fingerprint density at radius 2 is 1.93 bits per heavy atom. The van der Waals surface area contributed by atoms with E-state index in [2.05, 4.69) is 15.2 Å². The number of aryl methyl sites for hydroxylation is 1. The van der Waals surface area contributed by atoms with Gasteiger partial charge in [-0.05, 0) is 56.0 Å². The maximum Gasteiger partial charge on any atom is 0.270 e. The lowest BCUT2D eigenvalue weighted by Crippen LogP contribution is -2.31. The van der Waals surface area contributed by atoms with Gasteiger partial charge in [-0.2, -0.15) is 0 Å². The van der Waals surface area contributed by atoms with Crippen LogP contribution in [0.5, 0.6) is 0 Å². The predicted octanol–water partition coefficient (Wildman–Crippen LogP) is 4.69. The molecule has 0 radical (unpaired) electrons. The summed E-state index contributed by atoms with van der Waals surface area (Å²) in [6.07, 6.45) is 4.97. The number of carbonyl (C=O) groups is 1. The summed E-state index contributed by atoms with van der Waals surface area (Å²) < 4.78 is 0. The third-order valence-corrected chi connectivity index (χ3v) is 5.35. The van der Waals surface area contributed by atoms with Gasteiger partial charge in [-0.1, -0.05) is 6.07 Å². The number of aromatic nitrogens is 1. The van der Waals surface area contributed by atoms with Gasteiger partial charge >= 0.3 is 0 Å². The average Bonchev–Trinajstić information content (AvgIpc) is 2.76. The number of amides is 1. The van der Waals surface area contributed by atoms with E-state index in [0.717, 1.165) is 54.5 Å². The smallest absolute Gasteiger partial charge is 0.270 e. The number of rotatable bonds is 4. The van der Waals surface area contributed by atoms with Gasteiger partial charge in [0.25, 0.3) is 11.6 Å². The number of piperidine rings is 1. The molecule has 1 aromatic heterocycles. The molecule has 0 spiro atoms. The first-order valence-electron chi connectivity index (χ1n) is 9.73. The first-order chi connectivity index (χ1) is 14.0. The lowest BCUT2D eigenvalue weighted by atomic mass is 10.0. The van der Waals surface area contributed by atoms with Gasteiger partial charge in [-0.3, -0.25) is 19.9 Å².